The average molecular weight is 304 g/mol. The van der Waals surface area contributed by atoms with Crippen LogP contribution in [0.4, 0.5) is 0 Å². The maximum Gasteiger partial charge on any atom is 0.0705 e. The molecular weight excluding hydrogens is 284 g/mol. The molecule has 4 nitrogen and oxygen atoms in total. The largest absolute Gasteiger partial charge is 0.314 e. The third kappa shape index (κ3) is 2.83. The summed E-state index contributed by atoms with van der Waals surface area (Å²) in [5, 5.41) is 4.66. The Morgan fingerprint density at radius 2 is 1.83 bits per heavy atom. The van der Waals surface area contributed by atoms with Gasteiger partial charge < -0.3 is 5.32 Å². The fourth-order valence-corrected chi connectivity index (χ4v) is 3.42. The van der Waals surface area contributed by atoms with Crippen molar-refractivity contribution in [1.82, 2.24) is 20.2 Å². The Hall–Kier alpha value is -2.30. The average Bonchev–Trinajstić information content (AvgIpc) is 2.64. The molecule has 1 saturated heterocycles. The van der Waals surface area contributed by atoms with Gasteiger partial charge >= 0.3 is 0 Å². The summed E-state index contributed by atoms with van der Waals surface area (Å²) in [5.74, 6) is 0. The Bertz CT molecular complexity index is 776. The quantitative estimate of drug-likeness (QED) is 0.807. The topological polar surface area (TPSA) is 41.1 Å². The van der Waals surface area contributed by atoms with Crippen LogP contribution in [0, 0.1) is 0 Å². The molecule has 0 amide bonds. The summed E-state index contributed by atoms with van der Waals surface area (Å²) < 4.78 is 0. The van der Waals surface area contributed by atoms with Gasteiger partial charge in [0, 0.05) is 50.2 Å². The van der Waals surface area contributed by atoms with E-state index in [1.165, 1.54) is 16.5 Å². The van der Waals surface area contributed by atoms with Crippen LogP contribution in [0.25, 0.3) is 10.9 Å². The Balaban J connectivity index is 1.86. The molecule has 1 aliphatic heterocycles. The number of fused-ring (bicyclic) bond motifs is 1. The number of rotatable bonds is 3. The maximum atomic E-state index is 4.52. The van der Waals surface area contributed by atoms with E-state index in [2.05, 4.69) is 50.5 Å². The standard InChI is InChI=1S/C19H20N4/c1-2-6-18-16(5-1)17(7-9-22-18)19(15-4-3-8-21-14-15)23-12-10-20-11-13-23/h1-9,14,19-20H,10-13H2. The highest BCUT2D eigenvalue weighted by Gasteiger charge is 2.25. The van der Waals surface area contributed by atoms with Crippen molar-refractivity contribution in [3.63, 3.8) is 0 Å². The zero-order valence-corrected chi connectivity index (χ0v) is 13.0. The Labute approximate surface area is 136 Å². The number of piperazine rings is 1. The molecule has 116 valence electrons. The van der Waals surface area contributed by atoms with Crippen molar-refractivity contribution in [2.75, 3.05) is 26.2 Å². The zero-order valence-electron chi connectivity index (χ0n) is 13.0. The summed E-state index contributed by atoms with van der Waals surface area (Å²) in [4.78, 5) is 11.4. The highest BCUT2D eigenvalue weighted by molar-refractivity contribution is 5.82. The number of aromatic nitrogens is 2. The molecule has 23 heavy (non-hydrogen) atoms. The van der Waals surface area contributed by atoms with Gasteiger partial charge in [-0.05, 0) is 29.3 Å². The number of hydrogen-bond donors (Lipinski definition) is 1. The van der Waals surface area contributed by atoms with Crippen LogP contribution < -0.4 is 5.32 Å². The minimum absolute atomic E-state index is 0.221. The van der Waals surface area contributed by atoms with Crippen molar-refractivity contribution in [3.8, 4) is 0 Å². The Morgan fingerprint density at radius 3 is 2.65 bits per heavy atom. The van der Waals surface area contributed by atoms with Gasteiger partial charge in [0.05, 0.1) is 11.6 Å². The molecule has 0 spiro atoms. The van der Waals surface area contributed by atoms with Gasteiger partial charge in [-0.1, -0.05) is 24.3 Å². The lowest BCUT2D eigenvalue weighted by molar-refractivity contribution is 0.199. The summed E-state index contributed by atoms with van der Waals surface area (Å²) in [7, 11) is 0. The summed E-state index contributed by atoms with van der Waals surface area (Å²) in [5.41, 5.74) is 3.60. The molecule has 2 aromatic heterocycles. The molecule has 1 aromatic carbocycles. The zero-order chi connectivity index (χ0) is 15.5. The van der Waals surface area contributed by atoms with Gasteiger partial charge in [0.1, 0.15) is 0 Å². The lowest BCUT2D eigenvalue weighted by atomic mass is 9.95. The van der Waals surface area contributed by atoms with Crippen LogP contribution in [-0.2, 0) is 0 Å². The fourth-order valence-electron chi connectivity index (χ4n) is 3.42. The van der Waals surface area contributed by atoms with Crippen LogP contribution in [0.5, 0.6) is 0 Å². The first-order chi connectivity index (χ1) is 11.4. The van der Waals surface area contributed by atoms with Crippen molar-refractivity contribution < 1.29 is 0 Å². The Morgan fingerprint density at radius 1 is 0.957 bits per heavy atom. The molecule has 1 aliphatic rings. The van der Waals surface area contributed by atoms with Crippen molar-refractivity contribution in [3.05, 3.63) is 72.2 Å². The number of hydrogen-bond acceptors (Lipinski definition) is 4. The van der Waals surface area contributed by atoms with E-state index in [-0.39, 0.29) is 6.04 Å². The van der Waals surface area contributed by atoms with Crippen LogP contribution in [0.15, 0.2) is 61.1 Å². The van der Waals surface area contributed by atoms with Crippen LogP contribution in [0.3, 0.4) is 0 Å². The first kappa shape index (κ1) is 14.3. The minimum Gasteiger partial charge on any atom is -0.314 e. The number of para-hydroxylation sites is 1. The van der Waals surface area contributed by atoms with Crippen molar-refractivity contribution >= 4 is 10.9 Å². The summed E-state index contributed by atoms with van der Waals surface area (Å²) in [6, 6.07) is 15.0. The molecule has 0 saturated carbocycles. The lowest BCUT2D eigenvalue weighted by Gasteiger charge is -2.35. The fraction of sp³-hybridized carbons (Fsp3) is 0.263. The van der Waals surface area contributed by atoms with Gasteiger partial charge in [0.25, 0.3) is 0 Å². The summed E-state index contributed by atoms with van der Waals surface area (Å²) in [6.07, 6.45) is 5.74. The molecular formula is C19H20N4. The second-order valence-corrected chi connectivity index (χ2v) is 5.89. The van der Waals surface area contributed by atoms with Crippen molar-refractivity contribution in [1.29, 1.82) is 0 Å². The van der Waals surface area contributed by atoms with Crippen LogP contribution in [-0.4, -0.2) is 41.0 Å². The van der Waals surface area contributed by atoms with E-state index in [1.807, 2.05) is 30.7 Å². The molecule has 4 heteroatoms. The molecule has 1 fully saturated rings. The normalized spacial score (nSPS) is 17.2. The first-order valence-corrected chi connectivity index (χ1v) is 8.12. The molecule has 1 N–H and O–H groups in total. The van der Waals surface area contributed by atoms with Gasteiger partial charge in [-0.25, -0.2) is 0 Å². The lowest BCUT2D eigenvalue weighted by Crippen LogP contribution is -2.45. The van der Waals surface area contributed by atoms with Gasteiger partial charge in [-0.2, -0.15) is 0 Å². The SMILES string of the molecule is c1cncc(C(c2ccnc3ccccc23)N2CCNCC2)c1. The van der Waals surface area contributed by atoms with Crippen LogP contribution >= 0.6 is 0 Å². The van der Waals surface area contributed by atoms with Crippen LogP contribution in [0.1, 0.15) is 17.2 Å². The van der Waals surface area contributed by atoms with E-state index in [4.69, 9.17) is 0 Å². The van der Waals surface area contributed by atoms with Crippen LogP contribution in [0.2, 0.25) is 0 Å². The summed E-state index contributed by atoms with van der Waals surface area (Å²) >= 11 is 0. The number of nitrogens with one attached hydrogen (secondary N) is 1. The predicted octanol–water partition coefficient (Wildman–Crippen LogP) is 2.62. The van der Waals surface area contributed by atoms with E-state index in [9.17, 15) is 0 Å². The van der Waals surface area contributed by atoms with Gasteiger partial charge in [0.15, 0.2) is 0 Å². The highest BCUT2D eigenvalue weighted by Crippen LogP contribution is 2.32. The summed E-state index contributed by atoms with van der Waals surface area (Å²) in [6.45, 7) is 4.13. The van der Waals surface area contributed by atoms with Crippen molar-refractivity contribution in [2.45, 2.75) is 6.04 Å². The molecule has 3 heterocycles. The van der Waals surface area contributed by atoms with E-state index in [0.717, 1.165) is 31.7 Å². The smallest absolute Gasteiger partial charge is 0.0705 e. The molecule has 1 unspecified atom stereocenters. The van der Waals surface area contributed by atoms with E-state index < -0.39 is 0 Å². The second-order valence-electron chi connectivity index (χ2n) is 5.89. The van der Waals surface area contributed by atoms with E-state index >= 15 is 0 Å². The van der Waals surface area contributed by atoms with Gasteiger partial charge in [-0.15, -0.1) is 0 Å². The van der Waals surface area contributed by atoms with E-state index in [0.29, 0.717) is 0 Å². The molecule has 3 aromatic rings. The number of benzene rings is 1. The Kier molecular flexibility index (Phi) is 4.01. The third-order valence-electron chi connectivity index (χ3n) is 4.49. The third-order valence-corrected chi connectivity index (χ3v) is 4.49. The number of nitrogens with zero attached hydrogens (tertiary/aromatic N) is 3. The molecule has 0 radical (unpaired) electrons. The molecule has 1 atom stereocenters. The van der Waals surface area contributed by atoms with Gasteiger partial charge in [-0.3, -0.25) is 14.9 Å². The monoisotopic (exact) mass is 304 g/mol. The molecule has 0 bridgehead atoms. The maximum absolute atomic E-state index is 4.52. The number of pyridine rings is 2. The predicted molar refractivity (Wildman–Crippen MR) is 92.3 cm³/mol. The highest BCUT2D eigenvalue weighted by atomic mass is 15.2. The first-order valence-electron chi connectivity index (χ1n) is 8.12. The molecule has 4 rings (SSSR count). The minimum atomic E-state index is 0.221. The second kappa shape index (κ2) is 6.44. The van der Waals surface area contributed by atoms with Crippen molar-refractivity contribution in [2.24, 2.45) is 0 Å². The van der Waals surface area contributed by atoms with Gasteiger partial charge in [0.2, 0.25) is 0 Å². The molecule has 0 aliphatic carbocycles. The van der Waals surface area contributed by atoms with E-state index in [1.54, 1.807) is 0 Å².